The molecule has 50 heavy (non-hydrogen) atoms. The Morgan fingerprint density at radius 2 is 0.840 bits per heavy atom. The monoisotopic (exact) mass is 900 g/mol. The summed E-state index contributed by atoms with van der Waals surface area (Å²) in [7, 11) is 17.4. The van der Waals surface area contributed by atoms with Crippen molar-refractivity contribution >= 4 is 89.8 Å². The molecule has 0 aromatic heterocycles. The molecule has 0 spiro atoms. The molecule has 0 nitrogen and oxygen atoms in total. The van der Waals surface area contributed by atoms with Crippen LogP contribution < -0.4 is 0 Å². The van der Waals surface area contributed by atoms with E-state index in [-0.39, 0.29) is 18.1 Å². The van der Waals surface area contributed by atoms with Crippen LogP contribution in [0.5, 0.6) is 0 Å². The van der Waals surface area contributed by atoms with E-state index in [1.165, 1.54) is 22.3 Å². The van der Waals surface area contributed by atoms with Gasteiger partial charge in [0.25, 0.3) is 0 Å². The van der Waals surface area contributed by atoms with Crippen molar-refractivity contribution in [2.24, 2.45) is 0 Å². The predicted molar refractivity (Wildman–Crippen MR) is 219 cm³/mol. The maximum absolute atomic E-state index is 8.70. The molecular formula is C41H38Cl8Zr. The first-order chi connectivity index (χ1) is 23.0. The van der Waals surface area contributed by atoms with Crippen molar-refractivity contribution in [3.05, 3.63) is 154 Å². The van der Waals surface area contributed by atoms with E-state index in [1.54, 1.807) is 0 Å². The van der Waals surface area contributed by atoms with Gasteiger partial charge in [-0.25, -0.2) is 0 Å². The van der Waals surface area contributed by atoms with Gasteiger partial charge in [0.2, 0.25) is 0 Å². The molecule has 4 aromatic carbocycles. The van der Waals surface area contributed by atoms with Crippen molar-refractivity contribution in [3.8, 4) is 11.1 Å². The molecule has 0 aliphatic heterocycles. The van der Waals surface area contributed by atoms with E-state index >= 15 is 0 Å². The molecule has 0 N–H and O–H groups in total. The van der Waals surface area contributed by atoms with Crippen molar-refractivity contribution in [1.29, 1.82) is 0 Å². The van der Waals surface area contributed by atoms with Crippen LogP contribution in [0.1, 0.15) is 89.7 Å². The predicted octanol–water partition coefficient (Wildman–Crippen LogP) is 15.2. The molecule has 6 rings (SSSR count). The van der Waals surface area contributed by atoms with Gasteiger partial charge in [0.05, 0.1) is 0 Å². The zero-order valence-corrected chi connectivity index (χ0v) is 37.1. The average molecular weight is 906 g/mol. The Balaban J connectivity index is 1.79. The first-order valence-corrected chi connectivity index (χ1v) is 29.1. The Morgan fingerprint density at radius 3 is 1.16 bits per heavy atom. The fourth-order valence-corrected chi connectivity index (χ4v) is 27.6. The van der Waals surface area contributed by atoms with Crippen LogP contribution in [-0.2, 0) is 34.3 Å². The molecule has 0 unspecified atom stereocenters. The number of halogens is 8. The van der Waals surface area contributed by atoms with E-state index in [0.29, 0.717) is 11.1 Å². The van der Waals surface area contributed by atoms with E-state index < -0.39 is 23.5 Å². The molecule has 0 saturated heterocycles. The Morgan fingerprint density at radius 1 is 0.500 bits per heavy atom. The summed E-state index contributed by atoms with van der Waals surface area (Å²) in [6.07, 6.45) is 8.39. The van der Waals surface area contributed by atoms with Crippen molar-refractivity contribution in [1.82, 2.24) is 0 Å². The van der Waals surface area contributed by atoms with Gasteiger partial charge in [-0.15, -0.1) is 0 Å². The first-order valence-electron chi connectivity index (χ1n) is 16.5. The van der Waals surface area contributed by atoms with Crippen LogP contribution in [0.2, 0.25) is 3.63 Å². The van der Waals surface area contributed by atoms with Crippen LogP contribution in [0.25, 0.3) is 11.1 Å². The molecule has 0 radical (unpaired) electrons. The van der Waals surface area contributed by atoms with Gasteiger partial charge in [-0.1, -0.05) is 0 Å². The molecule has 262 valence electrons. The number of benzene rings is 4. The fourth-order valence-electron chi connectivity index (χ4n) is 7.41. The van der Waals surface area contributed by atoms with Gasteiger partial charge in [0.15, 0.2) is 0 Å². The summed E-state index contributed by atoms with van der Waals surface area (Å²) in [4.78, 5) is 0. The van der Waals surface area contributed by atoms with E-state index in [4.69, 9.17) is 86.6 Å². The Kier molecular flexibility index (Phi) is 10.4. The van der Waals surface area contributed by atoms with Crippen LogP contribution in [0.4, 0.5) is 0 Å². The summed E-state index contributed by atoms with van der Waals surface area (Å²) in [6.45, 7) is 13.4. The van der Waals surface area contributed by atoms with Gasteiger partial charge in [0.1, 0.15) is 0 Å². The normalized spacial score (nSPS) is 15.8. The summed E-state index contributed by atoms with van der Waals surface area (Å²) < 4.78 is -2.86. The van der Waals surface area contributed by atoms with Crippen molar-refractivity contribution in [2.75, 3.05) is 0 Å². The fraction of sp³-hybridized carbons (Fsp3) is 0.293. The van der Waals surface area contributed by atoms with Crippen LogP contribution in [-0.4, -0.2) is 3.21 Å². The quantitative estimate of drug-likeness (QED) is 0.179. The van der Waals surface area contributed by atoms with Gasteiger partial charge >= 0.3 is 338 Å². The van der Waals surface area contributed by atoms with Crippen LogP contribution in [0, 0.1) is 0 Å². The molecule has 2 aliphatic carbocycles. The molecular weight excluding hydrogens is 867 g/mol. The van der Waals surface area contributed by atoms with Crippen LogP contribution >= 0.6 is 86.6 Å². The number of allylic oxidation sites excluding steroid dienone is 4. The zero-order chi connectivity index (χ0) is 36.7. The zero-order valence-electron chi connectivity index (χ0n) is 28.6. The van der Waals surface area contributed by atoms with E-state index in [1.807, 2.05) is 60.7 Å². The number of alkyl halides is 6. The molecule has 9 heteroatoms. The maximum atomic E-state index is 8.70. The second-order valence-corrected chi connectivity index (χ2v) is 40.8. The van der Waals surface area contributed by atoms with Crippen LogP contribution in [0.3, 0.4) is 0 Å². The molecule has 0 heterocycles. The standard InChI is InChI=1S/C21H25.C15H8Cl6.C5H5.2ClH.Zr/c1-20(2,3)16-9-7-14-11-15-8-10-17(21(4,5)6)13-19(15)18(14)12-16;16-14(17,18)12-5-1-10(2-6-12)9-11-3-7-13(8-4-11)15(19,20)21;1-2-4-5-3-1;;;/h7-13H,1-6H3;1-8H;1-5H;2*1H;/q;;;;;+2/p-2. The molecule has 4 aromatic rings. The summed E-state index contributed by atoms with van der Waals surface area (Å²) in [6, 6.07) is 28.8. The van der Waals surface area contributed by atoms with E-state index in [0.717, 1.165) is 25.5 Å². The Hall–Kier alpha value is -0.567. The van der Waals surface area contributed by atoms with Gasteiger partial charge in [0, 0.05) is 0 Å². The SMILES string of the molecule is CC(C)(C)c1ccc2c(c1)-c1cc(C(C)(C)C)ccc1[CH]2[Zr]([Cl])([Cl])(=[C](c1ccc(C(Cl)(Cl)Cl)cc1)c1ccc(C(Cl)(Cl)Cl)cc1)[CH]1C=CC=C1. The van der Waals surface area contributed by atoms with Crippen LogP contribution in [0.15, 0.2) is 109 Å². The molecule has 0 fully saturated rings. The van der Waals surface area contributed by atoms with Crippen molar-refractivity contribution in [2.45, 2.75) is 67.2 Å². The number of rotatable bonds is 4. The number of hydrogen-bond acceptors (Lipinski definition) is 0. The number of fused-ring (bicyclic) bond motifs is 3. The Labute approximate surface area is 334 Å². The topological polar surface area (TPSA) is 0 Å². The summed E-state index contributed by atoms with van der Waals surface area (Å²) in [5.41, 5.74) is 9.78. The number of hydrogen-bond donors (Lipinski definition) is 0. The minimum atomic E-state index is -5.64. The van der Waals surface area contributed by atoms with Gasteiger partial charge in [-0.05, 0) is 0 Å². The molecule has 0 bridgehead atoms. The average Bonchev–Trinajstić information content (AvgIpc) is 3.68. The molecule has 0 atom stereocenters. The third kappa shape index (κ3) is 7.05. The molecule has 2 aliphatic rings. The third-order valence-corrected chi connectivity index (χ3v) is 31.1. The third-order valence-electron chi connectivity index (χ3n) is 10.1. The second-order valence-electron chi connectivity index (χ2n) is 15.5. The molecule has 0 saturated carbocycles. The summed E-state index contributed by atoms with van der Waals surface area (Å²) >= 11 is 32.3. The molecule has 0 amide bonds. The van der Waals surface area contributed by atoms with Gasteiger partial charge in [-0.3, -0.25) is 0 Å². The minimum absolute atomic E-state index is 0.0580. The summed E-state index contributed by atoms with van der Waals surface area (Å²) in [5, 5.41) is 0. The van der Waals surface area contributed by atoms with Crippen molar-refractivity contribution < 1.29 is 15.9 Å². The van der Waals surface area contributed by atoms with E-state index in [2.05, 4.69) is 90.1 Å². The van der Waals surface area contributed by atoms with E-state index in [9.17, 15) is 0 Å². The first kappa shape index (κ1) is 39.1. The van der Waals surface area contributed by atoms with Gasteiger partial charge in [-0.2, -0.15) is 0 Å². The van der Waals surface area contributed by atoms with Gasteiger partial charge < -0.3 is 0 Å². The second kappa shape index (κ2) is 13.3. The summed E-state index contributed by atoms with van der Waals surface area (Å²) in [5.74, 6) is 0. The Bertz CT molecular complexity index is 1960. The van der Waals surface area contributed by atoms with Crippen molar-refractivity contribution in [3.63, 3.8) is 0 Å².